The number of nitro benzene ring substituents is 1. The second-order valence-corrected chi connectivity index (χ2v) is 7.20. The first kappa shape index (κ1) is 20.7. The van der Waals surface area contributed by atoms with Gasteiger partial charge in [0, 0.05) is 6.07 Å². The Hall–Kier alpha value is -4.53. The van der Waals surface area contributed by atoms with Gasteiger partial charge >= 0.3 is 5.97 Å². The number of rotatable bonds is 5. The number of benzene rings is 2. The van der Waals surface area contributed by atoms with Crippen LogP contribution in [0.2, 0.25) is 0 Å². The van der Waals surface area contributed by atoms with Gasteiger partial charge in [-0.2, -0.15) is 10.1 Å². The van der Waals surface area contributed by atoms with Crippen molar-refractivity contribution in [2.45, 2.75) is 13.8 Å². The van der Waals surface area contributed by atoms with Gasteiger partial charge in [0.25, 0.3) is 11.6 Å². The minimum Gasteiger partial charge on any atom is -0.478 e. The topological polar surface area (TPSA) is 126 Å². The number of hydrazone groups is 1. The number of carbonyl (C=O) groups excluding carboxylic acids is 1. The molecule has 3 aromatic rings. The maximum Gasteiger partial charge on any atom is 0.335 e. The Bertz CT molecular complexity index is 1340. The first-order valence-corrected chi connectivity index (χ1v) is 9.55. The lowest BCUT2D eigenvalue weighted by atomic mass is 10.1. The van der Waals surface area contributed by atoms with Crippen LogP contribution in [0.15, 0.2) is 69.7 Å². The number of aryl methyl sites for hydroxylation is 1. The molecule has 0 unspecified atom stereocenters. The summed E-state index contributed by atoms with van der Waals surface area (Å²) in [5, 5.41) is 25.9. The quantitative estimate of drug-likeness (QED) is 0.355. The van der Waals surface area contributed by atoms with Crippen molar-refractivity contribution in [3.8, 4) is 11.3 Å². The summed E-state index contributed by atoms with van der Waals surface area (Å²) < 4.78 is 5.77. The summed E-state index contributed by atoms with van der Waals surface area (Å²) in [6.07, 6.45) is 1.51. The van der Waals surface area contributed by atoms with E-state index in [4.69, 9.17) is 4.42 Å². The number of nitrogens with zero attached hydrogens (tertiary/aromatic N) is 3. The first-order valence-electron chi connectivity index (χ1n) is 9.55. The predicted octanol–water partition coefficient (Wildman–Crippen LogP) is 4.67. The Kier molecular flexibility index (Phi) is 5.15. The fraction of sp³-hybridized carbons (Fsp3) is 0.0870. The summed E-state index contributed by atoms with van der Waals surface area (Å²) in [6.45, 7) is 3.42. The lowest BCUT2D eigenvalue weighted by molar-refractivity contribution is -0.384. The summed E-state index contributed by atoms with van der Waals surface area (Å²) in [4.78, 5) is 35.1. The summed E-state index contributed by atoms with van der Waals surface area (Å²) in [6, 6.07) is 14.0. The van der Waals surface area contributed by atoms with Gasteiger partial charge < -0.3 is 9.52 Å². The standard InChI is InChI=1S/C23H17N3O6/c1-13-6-8-18(20(10-13)26(30)31)21-9-7-17(32-21)12-19-14(2)24-25(22(19)27)16-5-3-4-15(11-16)23(28)29/h3-12H,1-2H3,(H,28,29). The molecular weight excluding hydrogens is 414 g/mol. The molecule has 0 fully saturated rings. The van der Waals surface area contributed by atoms with Gasteiger partial charge in [-0.05, 0) is 61.9 Å². The Morgan fingerprint density at radius 2 is 1.94 bits per heavy atom. The Labute approximate surface area is 182 Å². The number of carboxylic acids is 1. The van der Waals surface area contributed by atoms with E-state index < -0.39 is 16.8 Å². The minimum atomic E-state index is -1.11. The van der Waals surface area contributed by atoms with E-state index in [9.17, 15) is 24.8 Å². The first-order chi connectivity index (χ1) is 15.2. The summed E-state index contributed by atoms with van der Waals surface area (Å²) in [7, 11) is 0. The van der Waals surface area contributed by atoms with E-state index in [1.165, 1.54) is 30.3 Å². The molecule has 1 aliphatic rings. The average molecular weight is 431 g/mol. The molecule has 1 amide bonds. The molecule has 32 heavy (non-hydrogen) atoms. The number of anilines is 1. The largest absolute Gasteiger partial charge is 0.478 e. The highest BCUT2D eigenvalue weighted by Crippen LogP contribution is 2.33. The second-order valence-electron chi connectivity index (χ2n) is 7.20. The number of nitro groups is 1. The van der Waals surface area contributed by atoms with Crippen LogP contribution in [0.5, 0.6) is 0 Å². The van der Waals surface area contributed by atoms with E-state index in [0.29, 0.717) is 28.5 Å². The summed E-state index contributed by atoms with van der Waals surface area (Å²) in [5.74, 6) is -0.920. The molecule has 0 radical (unpaired) electrons. The SMILES string of the molecule is CC1=NN(c2cccc(C(=O)O)c2)C(=O)C1=Cc1ccc(-c2ccc(C)cc2[N+](=O)[O-])o1. The van der Waals surface area contributed by atoms with Crippen LogP contribution in [0.25, 0.3) is 17.4 Å². The van der Waals surface area contributed by atoms with Crippen molar-refractivity contribution in [1.29, 1.82) is 0 Å². The van der Waals surface area contributed by atoms with Gasteiger partial charge in [0.2, 0.25) is 0 Å². The average Bonchev–Trinajstić information content (AvgIpc) is 3.34. The number of carbonyl (C=O) groups is 2. The van der Waals surface area contributed by atoms with Gasteiger partial charge in [-0.25, -0.2) is 4.79 Å². The maximum absolute atomic E-state index is 12.9. The highest BCUT2D eigenvalue weighted by atomic mass is 16.6. The molecule has 9 heteroatoms. The molecule has 0 saturated carbocycles. The van der Waals surface area contributed by atoms with E-state index in [1.54, 1.807) is 44.2 Å². The van der Waals surface area contributed by atoms with Gasteiger partial charge in [0.15, 0.2) is 0 Å². The van der Waals surface area contributed by atoms with Gasteiger partial charge in [-0.15, -0.1) is 0 Å². The fourth-order valence-corrected chi connectivity index (χ4v) is 3.35. The molecule has 4 rings (SSSR count). The third-order valence-corrected chi connectivity index (χ3v) is 4.93. The Balaban J connectivity index is 1.65. The van der Waals surface area contributed by atoms with Crippen LogP contribution in [0.4, 0.5) is 11.4 Å². The van der Waals surface area contributed by atoms with Crippen LogP contribution in [0.3, 0.4) is 0 Å². The molecule has 1 aliphatic heterocycles. The zero-order valence-electron chi connectivity index (χ0n) is 17.1. The number of aromatic carboxylic acids is 1. The number of hydrogen-bond acceptors (Lipinski definition) is 6. The Morgan fingerprint density at radius 1 is 1.16 bits per heavy atom. The van der Waals surface area contributed by atoms with Crippen molar-refractivity contribution in [3.05, 3.63) is 87.2 Å². The number of carboxylic acid groups (broad SMARTS) is 1. The molecule has 0 aliphatic carbocycles. The van der Waals surface area contributed by atoms with Crippen molar-refractivity contribution < 1.29 is 24.0 Å². The molecule has 2 heterocycles. The molecule has 0 bridgehead atoms. The molecule has 0 atom stereocenters. The zero-order valence-corrected chi connectivity index (χ0v) is 17.1. The van der Waals surface area contributed by atoms with Gasteiger partial charge in [0.05, 0.1) is 33.0 Å². The minimum absolute atomic E-state index is 0.0379. The van der Waals surface area contributed by atoms with E-state index in [2.05, 4.69) is 5.10 Å². The molecule has 9 nitrogen and oxygen atoms in total. The third-order valence-electron chi connectivity index (χ3n) is 4.93. The number of furan rings is 1. The molecule has 160 valence electrons. The van der Waals surface area contributed by atoms with Crippen molar-refractivity contribution in [2.24, 2.45) is 5.10 Å². The van der Waals surface area contributed by atoms with Crippen LogP contribution >= 0.6 is 0 Å². The van der Waals surface area contributed by atoms with Crippen molar-refractivity contribution in [2.75, 3.05) is 5.01 Å². The smallest absolute Gasteiger partial charge is 0.335 e. The molecular formula is C23H17N3O6. The molecule has 1 N–H and O–H groups in total. The third kappa shape index (κ3) is 3.79. The van der Waals surface area contributed by atoms with E-state index in [-0.39, 0.29) is 16.8 Å². The highest BCUT2D eigenvalue weighted by Gasteiger charge is 2.29. The zero-order chi connectivity index (χ0) is 23.0. The van der Waals surface area contributed by atoms with Crippen LogP contribution in [-0.2, 0) is 4.79 Å². The van der Waals surface area contributed by atoms with Gasteiger partial charge in [-0.1, -0.05) is 12.1 Å². The van der Waals surface area contributed by atoms with Crippen molar-refractivity contribution in [1.82, 2.24) is 0 Å². The van der Waals surface area contributed by atoms with Crippen molar-refractivity contribution in [3.63, 3.8) is 0 Å². The fourth-order valence-electron chi connectivity index (χ4n) is 3.35. The molecule has 1 aromatic heterocycles. The molecule has 0 spiro atoms. The van der Waals surface area contributed by atoms with Crippen LogP contribution < -0.4 is 5.01 Å². The molecule has 2 aromatic carbocycles. The van der Waals surface area contributed by atoms with E-state index in [1.807, 2.05) is 0 Å². The number of amides is 1. The van der Waals surface area contributed by atoms with Crippen LogP contribution in [0.1, 0.15) is 28.6 Å². The monoisotopic (exact) mass is 431 g/mol. The second kappa shape index (κ2) is 7.95. The molecule has 0 saturated heterocycles. The van der Waals surface area contributed by atoms with Crippen LogP contribution in [0, 0.1) is 17.0 Å². The number of hydrogen-bond donors (Lipinski definition) is 1. The summed E-state index contributed by atoms with van der Waals surface area (Å²) >= 11 is 0. The predicted molar refractivity (Wildman–Crippen MR) is 118 cm³/mol. The van der Waals surface area contributed by atoms with Crippen LogP contribution in [-0.4, -0.2) is 27.6 Å². The van der Waals surface area contributed by atoms with E-state index >= 15 is 0 Å². The van der Waals surface area contributed by atoms with Gasteiger partial charge in [-0.3, -0.25) is 14.9 Å². The lowest BCUT2D eigenvalue weighted by Crippen LogP contribution is -2.21. The van der Waals surface area contributed by atoms with Crippen molar-refractivity contribution >= 4 is 35.0 Å². The van der Waals surface area contributed by atoms with Gasteiger partial charge in [0.1, 0.15) is 11.5 Å². The maximum atomic E-state index is 12.9. The normalized spacial score (nSPS) is 14.7. The lowest BCUT2D eigenvalue weighted by Gasteiger charge is -2.12. The van der Waals surface area contributed by atoms with E-state index in [0.717, 1.165) is 10.6 Å². The highest BCUT2D eigenvalue weighted by molar-refractivity contribution is 6.32. The summed E-state index contributed by atoms with van der Waals surface area (Å²) in [5.41, 5.74) is 2.08. The Morgan fingerprint density at radius 3 is 2.66 bits per heavy atom.